The van der Waals surface area contributed by atoms with Crippen LogP contribution in [-0.4, -0.2) is 22.6 Å². The highest BCUT2D eigenvalue weighted by atomic mass is 35.5. The number of carbonyl (C=O) groups is 3. The van der Waals surface area contributed by atoms with Crippen LogP contribution < -0.4 is 11.1 Å². The summed E-state index contributed by atoms with van der Waals surface area (Å²) in [6.07, 6.45) is 3.61. The van der Waals surface area contributed by atoms with Gasteiger partial charge in [-0.05, 0) is 35.4 Å². The zero-order chi connectivity index (χ0) is 19.6. The minimum absolute atomic E-state index is 0.0649. The smallest absolute Gasteiger partial charge is 0.250 e. The Morgan fingerprint density at radius 1 is 1.19 bits per heavy atom. The van der Waals surface area contributed by atoms with Crippen molar-refractivity contribution < 1.29 is 14.4 Å². The van der Waals surface area contributed by atoms with Gasteiger partial charge in [-0.1, -0.05) is 35.9 Å². The van der Waals surface area contributed by atoms with Crippen LogP contribution in [-0.2, 0) is 9.59 Å². The minimum atomic E-state index is -0.676. The van der Waals surface area contributed by atoms with Crippen LogP contribution in [0.1, 0.15) is 40.9 Å². The largest absolute Gasteiger partial charge is 0.366 e. The molecule has 1 aliphatic rings. The first kappa shape index (κ1) is 18.7. The molecule has 3 amide bonds. The molecule has 1 atom stereocenters. The van der Waals surface area contributed by atoms with Crippen molar-refractivity contribution in [2.75, 3.05) is 5.32 Å². The van der Waals surface area contributed by atoms with Crippen LogP contribution in [0.3, 0.4) is 0 Å². The lowest BCUT2D eigenvalue weighted by molar-refractivity contribution is -0.129. The van der Waals surface area contributed by atoms with E-state index < -0.39 is 11.9 Å². The van der Waals surface area contributed by atoms with Crippen LogP contribution in [0.2, 0.25) is 5.02 Å². The summed E-state index contributed by atoms with van der Waals surface area (Å²) < 4.78 is 0. The Bertz CT molecular complexity index is 955. The fraction of sp³-hybridized carbons (Fsp3) is 0.150. The first-order valence-corrected chi connectivity index (χ1v) is 8.70. The normalized spacial score (nSPS) is 15.2. The molecule has 27 heavy (non-hydrogen) atoms. The highest BCUT2D eigenvalue weighted by Crippen LogP contribution is 2.33. The summed E-state index contributed by atoms with van der Waals surface area (Å²) in [7, 11) is 0. The summed E-state index contributed by atoms with van der Waals surface area (Å²) in [5.41, 5.74) is 7.69. The Morgan fingerprint density at radius 3 is 2.63 bits per heavy atom. The van der Waals surface area contributed by atoms with Gasteiger partial charge in [-0.2, -0.15) is 0 Å². The van der Waals surface area contributed by atoms with Crippen LogP contribution in [0.4, 0.5) is 5.69 Å². The Balaban J connectivity index is 1.82. The molecular weight excluding hydrogens is 366 g/mol. The van der Waals surface area contributed by atoms with Crippen molar-refractivity contribution in [3.8, 4) is 0 Å². The maximum absolute atomic E-state index is 12.6. The third kappa shape index (κ3) is 4.01. The van der Waals surface area contributed by atoms with Gasteiger partial charge in [0.15, 0.2) is 0 Å². The van der Waals surface area contributed by atoms with Crippen molar-refractivity contribution in [3.63, 3.8) is 0 Å². The summed E-state index contributed by atoms with van der Waals surface area (Å²) in [6.45, 7) is 1.46. The van der Waals surface area contributed by atoms with E-state index in [-0.39, 0.29) is 28.8 Å². The first-order valence-electron chi connectivity index (χ1n) is 8.32. The molecule has 0 radical (unpaired) electrons. The molecule has 0 bridgehead atoms. The van der Waals surface area contributed by atoms with Gasteiger partial charge in [0.1, 0.15) is 0 Å². The van der Waals surface area contributed by atoms with E-state index in [1.807, 2.05) is 30.3 Å². The number of nitrogens with two attached hydrogens (primary N) is 1. The zero-order valence-electron chi connectivity index (χ0n) is 14.6. The van der Waals surface area contributed by atoms with Crippen LogP contribution in [0, 0.1) is 0 Å². The molecule has 0 spiro atoms. The SMILES string of the molecule is CC(=O)N1C=Cc2ccccc2[C@H]1CC(=O)Nc1ccc(Cl)c(C(N)=O)c1. The van der Waals surface area contributed by atoms with Gasteiger partial charge in [0, 0.05) is 18.8 Å². The van der Waals surface area contributed by atoms with Crippen molar-refractivity contribution in [2.24, 2.45) is 5.73 Å². The van der Waals surface area contributed by atoms with Crippen LogP contribution in [0.5, 0.6) is 0 Å². The highest BCUT2D eigenvalue weighted by molar-refractivity contribution is 6.34. The molecule has 0 fully saturated rings. The van der Waals surface area contributed by atoms with E-state index in [0.29, 0.717) is 5.69 Å². The molecule has 0 unspecified atom stereocenters. The summed E-state index contributed by atoms with van der Waals surface area (Å²) >= 11 is 5.93. The topological polar surface area (TPSA) is 92.5 Å². The third-order valence-electron chi connectivity index (χ3n) is 4.36. The Hall–Kier alpha value is -3.12. The molecule has 1 heterocycles. The fourth-order valence-corrected chi connectivity index (χ4v) is 3.30. The highest BCUT2D eigenvalue weighted by Gasteiger charge is 2.28. The standard InChI is InChI=1S/C20H18ClN3O3/c1-12(25)24-9-8-13-4-2-3-5-15(13)18(24)11-19(26)23-14-6-7-17(21)16(10-14)20(22)27/h2-10,18H,11H2,1H3,(H2,22,27)(H,23,26)/t18-/m1/s1. The molecule has 2 aromatic carbocycles. The second-order valence-electron chi connectivity index (χ2n) is 6.20. The third-order valence-corrected chi connectivity index (χ3v) is 4.69. The number of anilines is 1. The Morgan fingerprint density at radius 2 is 1.93 bits per heavy atom. The van der Waals surface area contributed by atoms with Gasteiger partial charge in [-0.3, -0.25) is 14.4 Å². The maximum Gasteiger partial charge on any atom is 0.250 e. The Kier molecular flexibility index (Phi) is 5.28. The first-order chi connectivity index (χ1) is 12.9. The van der Waals surface area contributed by atoms with Gasteiger partial charge >= 0.3 is 0 Å². The molecule has 2 aromatic rings. The quantitative estimate of drug-likeness (QED) is 0.847. The molecule has 0 saturated heterocycles. The van der Waals surface area contributed by atoms with Crippen LogP contribution >= 0.6 is 11.6 Å². The fourth-order valence-electron chi connectivity index (χ4n) is 3.09. The monoisotopic (exact) mass is 383 g/mol. The van der Waals surface area contributed by atoms with E-state index in [0.717, 1.165) is 11.1 Å². The number of rotatable bonds is 4. The number of benzene rings is 2. The van der Waals surface area contributed by atoms with Gasteiger partial charge in [0.05, 0.1) is 23.0 Å². The molecule has 0 aromatic heterocycles. The van der Waals surface area contributed by atoms with E-state index in [4.69, 9.17) is 17.3 Å². The zero-order valence-corrected chi connectivity index (χ0v) is 15.4. The summed E-state index contributed by atoms with van der Waals surface area (Å²) in [4.78, 5) is 37.5. The lowest BCUT2D eigenvalue weighted by Crippen LogP contribution is -2.33. The van der Waals surface area contributed by atoms with Gasteiger partial charge in [-0.25, -0.2) is 0 Å². The van der Waals surface area contributed by atoms with Gasteiger partial charge in [0.2, 0.25) is 17.7 Å². The number of carbonyl (C=O) groups excluding carboxylic acids is 3. The molecule has 7 heteroatoms. The van der Waals surface area contributed by atoms with Gasteiger partial charge in [0.25, 0.3) is 0 Å². The number of halogens is 1. The van der Waals surface area contributed by atoms with Gasteiger partial charge < -0.3 is 16.0 Å². The molecule has 6 nitrogen and oxygen atoms in total. The van der Waals surface area contributed by atoms with Gasteiger partial charge in [-0.15, -0.1) is 0 Å². The average molecular weight is 384 g/mol. The van der Waals surface area contributed by atoms with Crippen molar-refractivity contribution in [3.05, 3.63) is 70.4 Å². The molecule has 0 saturated carbocycles. The van der Waals surface area contributed by atoms with E-state index in [2.05, 4.69) is 5.32 Å². The minimum Gasteiger partial charge on any atom is -0.366 e. The molecule has 0 aliphatic carbocycles. The molecule has 3 rings (SSSR count). The van der Waals surface area contributed by atoms with Crippen molar-refractivity contribution in [2.45, 2.75) is 19.4 Å². The average Bonchev–Trinajstić information content (AvgIpc) is 2.63. The number of hydrogen-bond donors (Lipinski definition) is 2. The maximum atomic E-state index is 12.6. The van der Waals surface area contributed by atoms with Crippen LogP contribution in [0.25, 0.3) is 6.08 Å². The molecule has 1 aliphatic heterocycles. The number of nitrogens with zero attached hydrogens (tertiary/aromatic N) is 1. The molecule has 138 valence electrons. The number of hydrogen-bond acceptors (Lipinski definition) is 3. The van der Waals surface area contributed by atoms with E-state index in [1.54, 1.807) is 17.2 Å². The number of nitrogens with one attached hydrogen (secondary N) is 1. The predicted octanol–water partition coefficient (Wildman–Crippen LogP) is 3.34. The van der Waals surface area contributed by atoms with E-state index >= 15 is 0 Å². The number of fused-ring (bicyclic) bond motifs is 1. The van der Waals surface area contributed by atoms with E-state index in [1.165, 1.54) is 19.1 Å². The second kappa shape index (κ2) is 7.63. The Labute approximate surface area is 161 Å². The number of primary amides is 1. The lowest BCUT2D eigenvalue weighted by atomic mass is 9.93. The van der Waals surface area contributed by atoms with E-state index in [9.17, 15) is 14.4 Å². The lowest BCUT2D eigenvalue weighted by Gasteiger charge is -2.32. The second-order valence-corrected chi connectivity index (χ2v) is 6.61. The number of amides is 3. The summed E-state index contributed by atoms with van der Waals surface area (Å²) in [5.74, 6) is -1.12. The van der Waals surface area contributed by atoms with Crippen molar-refractivity contribution in [1.82, 2.24) is 4.90 Å². The molecule has 3 N–H and O–H groups in total. The van der Waals surface area contributed by atoms with Crippen LogP contribution in [0.15, 0.2) is 48.7 Å². The predicted molar refractivity (Wildman–Crippen MR) is 104 cm³/mol. The summed E-state index contributed by atoms with van der Waals surface area (Å²) in [5, 5.41) is 2.95. The molecular formula is C20H18ClN3O3. The summed E-state index contributed by atoms with van der Waals surface area (Å²) in [6, 6.07) is 11.7. The van der Waals surface area contributed by atoms with Crippen molar-refractivity contribution >= 4 is 41.1 Å². The van der Waals surface area contributed by atoms with Crippen molar-refractivity contribution in [1.29, 1.82) is 0 Å².